The Labute approximate surface area is 121 Å². The third-order valence-corrected chi connectivity index (χ3v) is 5.02. The molecule has 0 aliphatic carbocycles. The molecule has 1 N–H and O–H groups in total. The first-order valence-electron chi connectivity index (χ1n) is 5.93. The van der Waals surface area contributed by atoms with Crippen LogP contribution in [0.3, 0.4) is 0 Å². The van der Waals surface area contributed by atoms with E-state index in [1.54, 1.807) is 12.1 Å². The first-order chi connectivity index (χ1) is 9.38. The molecule has 0 radical (unpaired) electrons. The molecule has 0 aliphatic heterocycles. The fourth-order valence-corrected chi connectivity index (χ4v) is 3.31. The van der Waals surface area contributed by atoms with Crippen LogP contribution in [0.2, 0.25) is 0 Å². The zero-order chi connectivity index (χ0) is 14.8. The standard InChI is InChI=1S/C14H14O4S2/c1-20(17,18)12-6-4-10(5-7-12)13(14(15)16)9-11-3-2-8-19-11/h2-8,13H,9H2,1H3,(H,15,16). The molecule has 20 heavy (non-hydrogen) atoms. The van der Waals surface area contributed by atoms with E-state index in [-0.39, 0.29) is 4.90 Å². The van der Waals surface area contributed by atoms with Gasteiger partial charge in [0.05, 0.1) is 10.8 Å². The second kappa shape index (κ2) is 5.76. The van der Waals surface area contributed by atoms with Crippen molar-refractivity contribution in [1.29, 1.82) is 0 Å². The van der Waals surface area contributed by atoms with E-state index in [4.69, 9.17) is 0 Å². The van der Waals surface area contributed by atoms with Gasteiger partial charge in [-0.1, -0.05) is 18.2 Å². The van der Waals surface area contributed by atoms with Crippen LogP contribution in [0.4, 0.5) is 0 Å². The minimum atomic E-state index is -3.26. The van der Waals surface area contributed by atoms with Crippen LogP contribution >= 0.6 is 11.3 Å². The Morgan fingerprint density at radius 2 is 1.90 bits per heavy atom. The molecule has 0 spiro atoms. The van der Waals surface area contributed by atoms with Crippen molar-refractivity contribution in [3.05, 3.63) is 52.2 Å². The lowest BCUT2D eigenvalue weighted by atomic mass is 9.95. The van der Waals surface area contributed by atoms with Crippen molar-refractivity contribution in [1.82, 2.24) is 0 Å². The molecule has 1 unspecified atom stereocenters. The third-order valence-electron chi connectivity index (χ3n) is 2.99. The molecule has 0 saturated carbocycles. The zero-order valence-corrected chi connectivity index (χ0v) is 12.4. The Balaban J connectivity index is 2.28. The number of benzene rings is 1. The quantitative estimate of drug-likeness (QED) is 0.921. The SMILES string of the molecule is CS(=O)(=O)c1ccc(C(Cc2cccs2)C(=O)O)cc1. The molecule has 2 aromatic rings. The van der Waals surface area contributed by atoms with Gasteiger partial charge in [-0.2, -0.15) is 0 Å². The molecular weight excluding hydrogens is 296 g/mol. The molecular formula is C14H14O4S2. The number of hydrogen-bond donors (Lipinski definition) is 1. The Kier molecular flexibility index (Phi) is 4.25. The number of hydrogen-bond acceptors (Lipinski definition) is 4. The summed E-state index contributed by atoms with van der Waals surface area (Å²) in [5, 5.41) is 11.2. The molecule has 0 amide bonds. The number of rotatable bonds is 5. The van der Waals surface area contributed by atoms with E-state index in [1.165, 1.54) is 23.5 Å². The van der Waals surface area contributed by atoms with Crippen LogP contribution in [0.5, 0.6) is 0 Å². The van der Waals surface area contributed by atoms with E-state index in [0.29, 0.717) is 12.0 Å². The fourth-order valence-electron chi connectivity index (χ4n) is 1.92. The summed E-state index contributed by atoms with van der Waals surface area (Å²) in [5.41, 5.74) is 0.610. The van der Waals surface area contributed by atoms with Crippen molar-refractivity contribution in [2.45, 2.75) is 17.2 Å². The summed E-state index contributed by atoms with van der Waals surface area (Å²) in [6, 6.07) is 9.83. The van der Waals surface area contributed by atoms with Crippen LogP contribution in [-0.2, 0) is 21.1 Å². The number of sulfone groups is 1. The van der Waals surface area contributed by atoms with Crippen molar-refractivity contribution in [3.63, 3.8) is 0 Å². The molecule has 0 saturated heterocycles. The van der Waals surface area contributed by atoms with Crippen LogP contribution in [0.25, 0.3) is 0 Å². The maximum Gasteiger partial charge on any atom is 0.311 e. The molecule has 0 bridgehead atoms. The predicted octanol–water partition coefficient (Wildman–Crippen LogP) is 2.56. The highest BCUT2D eigenvalue weighted by atomic mass is 32.2. The highest BCUT2D eigenvalue weighted by Crippen LogP contribution is 2.25. The average Bonchev–Trinajstić information content (AvgIpc) is 2.87. The molecule has 2 rings (SSSR count). The van der Waals surface area contributed by atoms with Crippen molar-refractivity contribution in [3.8, 4) is 0 Å². The van der Waals surface area contributed by atoms with Crippen LogP contribution in [0.15, 0.2) is 46.7 Å². The van der Waals surface area contributed by atoms with E-state index in [0.717, 1.165) is 11.1 Å². The molecule has 0 fully saturated rings. The number of thiophene rings is 1. The topological polar surface area (TPSA) is 71.4 Å². The summed E-state index contributed by atoms with van der Waals surface area (Å²) < 4.78 is 22.8. The number of aliphatic carboxylic acids is 1. The van der Waals surface area contributed by atoms with E-state index >= 15 is 0 Å². The normalized spacial score (nSPS) is 13.1. The lowest BCUT2D eigenvalue weighted by Gasteiger charge is -2.12. The minimum absolute atomic E-state index is 0.196. The lowest BCUT2D eigenvalue weighted by molar-refractivity contribution is -0.138. The second-order valence-corrected chi connectivity index (χ2v) is 7.56. The average molecular weight is 310 g/mol. The third kappa shape index (κ3) is 3.46. The highest BCUT2D eigenvalue weighted by molar-refractivity contribution is 7.90. The van der Waals surface area contributed by atoms with Crippen molar-refractivity contribution in [2.24, 2.45) is 0 Å². The largest absolute Gasteiger partial charge is 0.481 e. The van der Waals surface area contributed by atoms with Crippen LogP contribution < -0.4 is 0 Å². The summed E-state index contributed by atoms with van der Waals surface area (Å²) in [4.78, 5) is 12.6. The first kappa shape index (κ1) is 14.7. The number of carbonyl (C=O) groups is 1. The van der Waals surface area contributed by atoms with Gasteiger partial charge in [0.1, 0.15) is 0 Å². The molecule has 1 aromatic heterocycles. The van der Waals surface area contributed by atoms with Gasteiger partial charge in [-0.15, -0.1) is 11.3 Å². The lowest BCUT2D eigenvalue weighted by Crippen LogP contribution is -2.14. The van der Waals surface area contributed by atoms with Crippen molar-refractivity contribution in [2.75, 3.05) is 6.26 Å². The van der Waals surface area contributed by atoms with E-state index in [2.05, 4.69) is 0 Å². The van der Waals surface area contributed by atoms with Gasteiger partial charge in [0.2, 0.25) is 0 Å². The van der Waals surface area contributed by atoms with Crippen LogP contribution in [-0.4, -0.2) is 25.7 Å². The molecule has 106 valence electrons. The molecule has 1 atom stereocenters. The maximum absolute atomic E-state index is 11.4. The predicted molar refractivity (Wildman–Crippen MR) is 78.0 cm³/mol. The summed E-state index contributed by atoms with van der Waals surface area (Å²) in [5.74, 6) is -1.58. The van der Waals surface area contributed by atoms with Gasteiger partial charge in [-0.3, -0.25) is 4.79 Å². The van der Waals surface area contributed by atoms with E-state index < -0.39 is 21.7 Å². The fraction of sp³-hybridized carbons (Fsp3) is 0.214. The monoisotopic (exact) mass is 310 g/mol. The van der Waals surface area contributed by atoms with Crippen molar-refractivity contribution >= 4 is 27.1 Å². The van der Waals surface area contributed by atoms with Crippen LogP contribution in [0.1, 0.15) is 16.4 Å². The van der Waals surface area contributed by atoms with Gasteiger partial charge in [0, 0.05) is 11.1 Å². The van der Waals surface area contributed by atoms with Gasteiger partial charge in [-0.25, -0.2) is 8.42 Å². The first-order valence-corrected chi connectivity index (χ1v) is 8.70. The Morgan fingerprint density at radius 1 is 1.25 bits per heavy atom. The minimum Gasteiger partial charge on any atom is -0.481 e. The zero-order valence-electron chi connectivity index (χ0n) is 10.8. The maximum atomic E-state index is 11.4. The molecule has 0 aliphatic rings. The van der Waals surface area contributed by atoms with Gasteiger partial charge in [0.25, 0.3) is 0 Å². The second-order valence-electron chi connectivity index (χ2n) is 4.52. The summed E-state index contributed by atoms with van der Waals surface area (Å²) in [7, 11) is -3.26. The molecule has 6 heteroatoms. The Bertz CT molecular complexity index is 685. The number of carboxylic acids is 1. The highest BCUT2D eigenvalue weighted by Gasteiger charge is 2.21. The molecule has 1 heterocycles. The smallest absolute Gasteiger partial charge is 0.311 e. The van der Waals surface area contributed by atoms with Gasteiger partial charge in [-0.05, 0) is 35.6 Å². The summed E-state index contributed by atoms with van der Waals surface area (Å²) in [6.07, 6.45) is 1.54. The Hall–Kier alpha value is -1.66. The summed E-state index contributed by atoms with van der Waals surface area (Å²) in [6.45, 7) is 0. The van der Waals surface area contributed by atoms with Gasteiger partial charge in [0.15, 0.2) is 9.84 Å². The van der Waals surface area contributed by atoms with Crippen LogP contribution in [0, 0.1) is 0 Å². The molecule has 4 nitrogen and oxygen atoms in total. The molecule has 1 aromatic carbocycles. The number of carboxylic acid groups (broad SMARTS) is 1. The van der Waals surface area contributed by atoms with E-state index in [1.807, 2.05) is 17.5 Å². The van der Waals surface area contributed by atoms with Gasteiger partial charge >= 0.3 is 5.97 Å². The summed E-state index contributed by atoms with van der Waals surface area (Å²) >= 11 is 1.51. The van der Waals surface area contributed by atoms with Crippen molar-refractivity contribution < 1.29 is 18.3 Å². The van der Waals surface area contributed by atoms with Gasteiger partial charge < -0.3 is 5.11 Å². The Morgan fingerprint density at radius 3 is 2.35 bits per heavy atom. The van der Waals surface area contributed by atoms with E-state index in [9.17, 15) is 18.3 Å².